The number of alkyl halides is 3. The number of rotatable bonds is 4. The zero-order valence-corrected chi connectivity index (χ0v) is 19.2. The fraction of sp³-hybridized carbons (Fsp3) is 0.500. The van der Waals surface area contributed by atoms with Crippen LogP contribution < -0.4 is 4.90 Å². The first-order valence-corrected chi connectivity index (χ1v) is 10.1. The van der Waals surface area contributed by atoms with Crippen molar-refractivity contribution >= 4 is 34.9 Å². The number of amides is 2. The van der Waals surface area contributed by atoms with E-state index in [1.807, 2.05) is 0 Å². The van der Waals surface area contributed by atoms with Crippen LogP contribution in [0.25, 0.3) is 10.9 Å². The van der Waals surface area contributed by atoms with Gasteiger partial charge in [0.2, 0.25) is 0 Å². The number of imide groups is 1. The average molecular weight is 472 g/mol. The van der Waals surface area contributed by atoms with Crippen LogP contribution in [0.3, 0.4) is 0 Å². The summed E-state index contributed by atoms with van der Waals surface area (Å²) in [6.45, 7) is 9.44. The number of ether oxygens (including phenoxy) is 2. The van der Waals surface area contributed by atoms with E-state index in [2.05, 4.69) is 4.98 Å². The Morgan fingerprint density at radius 2 is 1.48 bits per heavy atom. The smallest absolute Gasteiger partial charge is 0.425 e. The monoisotopic (exact) mass is 472 g/mol. The summed E-state index contributed by atoms with van der Waals surface area (Å²) in [6, 6.07) is 2.83. The highest BCUT2D eigenvalue weighted by Crippen LogP contribution is 2.36. The van der Waals surface area contributed by atoms with Crippen molar-refractivity contribution < 1.29 is 42.1 Å². The van der Waals surface area contributed by atoms with Gasteiger partial charge in [-0.15, -0.1) is 0 Å². The van der Waals surface area contributed by atoms with Gasteiger partial charge in [-0.1, -0.05) is 6.07 Å². The number of anilines is 1. The second-order valence-electron chi connectivity index (χ2n) is 9.40. The van der Waals surface area contributed by atoms with Crippen molar-refractivity contribution in [3.05, 3.63) is 29.3 Å². The number of aryl methyl sites for hydroxylation is 1. The molecule has 2 aromatic rings. The van der Waals surface area contributed by atoms with Crippen LogP contribution in [0.2, 0.25) is 0 Å². The number of aromatic amines is 1. The maximum Gasteiger partial charge on any atom is 0.425 e. The molecule has 2 amide bonds. The van der Waals surface area contributed by atoms with Gasteiger partial charge in [-0.3, -0.25) is 4.79 Å². The number of carbonyl (C=O) groups excluding carboxylic acids is 2. The van der Waals surface area contributed by atoms with Crippen LogP contribution in [0, 0.1) is 0 Å². The SMILES string of the molecule is CC(C)(C)OC(=O)N(C(=O)OC(C)(C)C)c1[nH]c2cc(C(F)(F)F)ccc2c1CCC(=O)O. The number of hydrogen-bond acceptors (Lipinski definition) is 5. The molecule has 33 heavy (non-hydrogen) atoms. The zero-order chi connectivity index (χ0) is 25.4. The van der Waals surface area contributed by atoms with Gasteiger partial charge in [-0.05, 0) is 60.1 Å². The van der Waals surface area contributed by atoms with Crippen molar-refractivity contribution in [3.63, 3.8) is 0 Å². The highest BCUT2D eigenvalue weighted by atomic mass is 19.4. The third-order valence-corrected chi connectivity index (χ3v) is 4.18. The average Bonchev–Trinajstić information content (AvgIpc) is 2.93. The van der Waals surface area contributed by atoms with Crippen molar-refractivity contribution in [2.24, 2.45) is 0 Å². The normalized spacial score (nSPS) is 12.5. The number of carbonyl (C=O) groups is 3. The van der Waals surface area contributed by atoms with Crippen molar-refractivity contribution in [1.82, 2.24) is 4.98 Å². The van der Waals surface area contributed by atoms with Crippen LogP contribution in [0.15, 0.2) is 18.2 Å². The Hall–Kier alpha value is -3.24. The molecule has 0 fully saturated rings. The number of aliphatic carboxylic acids is 1. The Kier molecular flexibility index (Phi) is 7.06. The first kappa shape index (κ1) is 26.0. The summed E-state index contributed by atoms with van der Waals surface area (Å²) in [5.41, 5.74) is -2.83. The second-order valence-corrected chi connectivity index (χ2v) is 9.40. The molecule has 0 bridgehead atoms. The number of benzene rings is 1. The van der Waals surface area contributed by atoms with E-state index in [4.69, 9.17) is 14.6 Å². The van der Waals surface area contributed by atoms with Gasteiger partial charge >= 0.3 is 24.3 Å². The van der Waals surface area contributed by atoms with E-state index in [0.717, 1.165) is 18.2 Å². The molecule has 1 heterocycles. The van der Waals surface area contributed by atoms with Crippen molar-refractivity contribution in [3.8, 4) is 0 Å². The quantitative estimate of drug-likeness (QED) is 0.575. The molecule has 0 aliphatic rings. The summed E-state index contributed by atoms with van der Waals surface area (Å²) in [5, 5.41) is 9.37. The number of carboxylic acids is 1. The lowest BCUT2D eigenvalue weighted by Crippen LogP contribution is -2.44. The molecule has 1 aromatic carbocycles. The maximum absolute atomic E-state index is 13.2. The fourth-order valence-electron chi connectivity index (χ4n) is 2.97. The minimum Gasteiger partial charge on any atom is -0.481 e. The molecule has 0 spiro atoms. The predicted molar refractivity (Wildman–Crippen MR) is 114 cm³/mol. The van der Waals surface area contributed by atoms with E-state index in [1.54, 1.807) is 41.5 Å². The molecule has 182 valence electrons. The van der Waals surface area contributed by atoms with Crippen molar-refractivity contribution in [2.75, 3.05) is 4.90 Å². The summed E-state index contributed by atoms with van der Waals surface area (Å²) >= 11 is 0. The molecular weight excluding hydrogens is 445 g/mol. The van der Waals surface area contributed by atoms with E-state index >= 15 is 0 Å². The van der Waals surface area contributed by atoms with Crippen LogP contribution in [-0.4, -0.2) is 39.4 Å². The van der Waals surface area contributed by atoms with Gasteiger partial charge in [-0.25, -0.2) is 9.59 Å². The van der Waals surface area contributed by atoms with Gasteiger partial charge in [0.05, 0.1) is 5.56 Å². The van der Waals surface area contributed by atoms with E-state index in [9.17, 15) is 27.6 Å². The van der Waals surface area contributed by atoms with Crippen LogP contribution in [0.4, 0.5) is 28.6 Å². The Morgan fingerprint density at radius 1 is 0.970 bits per heavy atom. The molecule has 0 aliphatic heterocycles. The summed E-state index contributed by atoms with van der Waals surface area (Å²) in [6.07, 6.45) is -7.45. The van der Waals surface area contributed by atoms with Gasteiger partial charge < -0.3 is 19.6 Å². The number of hydrogen-bond donors (Lipinski definition) is 2. The Labute approximate surface area is 188 Å². The zero-order valence-electron chi connectivity index (χ0n) is 19.2. The fourth-order valence-corrected chi connectivity index (χ4v) is 2.97. The molecule has 0 unspecified atom stereocenters. The third-order valence-electron chi connectivity index (χ3n) is 4.18. The molecule has 0 atom stereocenters. The Balaban J connectivity index is 2.73. The molecule has 0 aliphatic carbocycles. The first-order valence-electron chi connectivity index (χ1n) is 10.1. The minimum atomic E-state index is -4.63. The van der Waals surface area contributed by atoms with Gasteiger partial charge in [0.15, 0.2) is 0 Å². The Morgan fingerprint density at radius 3 is 1.91 bits per heavy atom. The molecule has 0 radical (unpaired) electrons. The lowest BCUT2D eigenvalue weighted by molar-refractivity contribution is -0.138. The number of carboxylic acid groups (broad SMARTS) is 1. The van der Waals surface area contributed by atoms with E-state index in [1.165, 1.54) is 0 Å². The number of fused-ring (bicyclic) bond motifs is 1. The van der Waals surface area contributed by atoms with Gasteiger partial charge in [0.25, 0.3) is 0 Å². The molecular formula is C22H27F3N2O6. The predicted octanol–water partition coefficient (Wildman–Crippen LogP) is 5.88. The van der Waals surface area contributed by atoms with E-state index < -0.39 is 47.5 Å². The lowest BCUT2D eigenvalue weighted by atomic mass is 10.1. The maximum atomic E-state index is 13.2. The third kappa shape index (κ3) is 6.87. The minimum absolute atomic E-state index is 0.0302. The highest BCUT2D eigenvalue weighted by molar-refractivity contribution is 6.11. The van der Waals surface area contributed by atoms with E-state index in [-0.39, 0.29) is 28.7 Å². The molecule has 1 aromatic heterocycles. The molecule has 11 heteroatoms. The topological polar surface area (TPSA) is 109 Å². The molecule has 2 rings (SSSR count). The summed E-state index contributed by atoms with van der Waals surface area (Å²) < 4.78 is 50.3. The first-order chi connectivity index (χ1) is 14.9. The van der Waals surface area contributed by atoms with Crippen LogP contribution in [0.5, 0.6) is 0 Å². The van der Waals surface area contributed by atoms with Crippen molar-refractivity contribution in [1.29, 1.82) is 0 Å². The number of H-pyrrole nitrogens is 1. The summed E-state index contributed by atoms with van der Waals surface area (Å²) in [4.78, 5) is 40.3. The summed E-state index contributed by atoms with van der Waals surface area (Å²) in [7, 11) is 0. The molecule has 8 nitrogen and oxygen atoms in total. The van der Waals surface area contributed by atoms with E-state index in [0.29, 0.717) is 4.90 Å². The number of nitrogens with zero attached hydrogens (tertiary/aromatic N) is 1. The van der Waals surface area contributed by atoms with Crippen LogP contribution in [0.1, 0.15) is 59.1 Å². The van der Waals surface area contributed by atoms with Crippen LogP contribution in [-0.2, 0) is 26.9 Å². The van der Waals surface area contributed by atoms with Crippen molar-refractivity contribution in [2.45, 2.75) is 71.8 Å². The summed E-state index contributed by atoms with van der Waals surface area (Å²) in [5.74, 6) is -1.38. The molecule has 2 N–H and O–H groups in total. The highest BCUT2D eigenvalue weighted by Gasteiger charge is 2.36. The molecule has 0 saturated carbocycles. The lowest BCUT2D eigenvalue weighted by Gasteiger charge is -2.28. The van der Waals surface area contributed by atoms with Crippen LogP contribution >= 0.6 is 0 Å². The largest absolute Gasteiger partial charge is 0.481 e. The second kappa shape index (κ2) is 8.95. The van der Waals surface area contributed by atoms with Gasteiger partial charge in [0, 0.05) is 22.9 Å². The standard InChI is InChI=1S/C22H27F3N2O6/c1-20(2,3)32-18(30)27(19(31)33-21(4,5)6)17-14(9-10-16(28)29)13-8-7-12(22(23,24)25)11-15(13)26-17/h7-8,11,26H,9-10H2,1-6H3,(H,28,29). The van der Waals surface area contributed by atoms with Gasteiger partial charge in [-0.2, -0.15) is 18.1 Å². The van der Waals surface area contributed by atoms with Gasteiger partial charge in [0.1, 0.15) is 17.0 Å². The number of aromatic nitrogens is 1. The number of halogens is 3. The number of nitrogens with one attached hydrogen (secondary N) is 1. The Bertz CT molecular complexity index is 1030. The molecule has 0 saturated heterocycles.